The smallest absolute Gasteiger partial charge is 0.310 e. The Hall–Kier alpha value is -1.14. The highest BCUT2D eigenvalue weighted by atomic mass is 16.5. The first kappa shape index (κ1) is 15.3. The van der Waals surface area contributed by atoms with Gasteiger partial charge in [0.05, 0.1) is 24.7 Å². The zero-order valence-electron chi connectivity index (χ0n) is 12.3. The van der Waals surface area contributed by atoms with Gasteiger partial charge in [0.25, 0.3) is 0 Å². The standard InChI is InChI=1S/C14H24N2O4/c1-11(12(17)15-6-8-20-9-7-15)16-5-3-4-14(2,10-16)13(18)19/h11H,3-10H2,1-2H3,(H,18,19). The van der Waals surface area contributed by atoms with Crippen molar-refractivity contribution in [1.29, 1.82) is 0 Å². The number of hydrogen-bond donors (Lipinski definition) is 1. The van der Waals surface area contributed by atoms with E-state index < -0.39 is 11.4 Å². The van der Waals surface area contributed by atoms with Gasteiger partial charge in [-0.2, -0.15) is 0 Å². The molecule has 2 saturated heterocycles. The minimum Gasteiger partial charge on any atom is -0.481 e. The highest BCUT2D eigenvalue weighted by Gasteiger charge is 2.40. The van der Waals surface area contributed by atoms with E-state index >= 15 is 0 Å². The zero-order valence-corrected chi connectivity index (χ0v) is 12.3. The van der Waals surface area contributed by atoms with Gasteiger partial charge in [0.1, 0.15) is 0 Å². The first-order valence-corrected chi connectivity index (χ1v) is 7.28. The summed E-state index contributed by atoms with van der Waals surface area (Å²) in [5.41, 5.74) is -0.738. The molecule has 2 atom stereocenters. The van der Waals surface area contributed by atoms with Crippen molar-refractivity contribution in [2.45, 2.75) is 32.7 Å². The molecule has 6 heteroatoms. The van der Waals surface area contributed by atoms with Crippen LogP contribution in [0, 0.1) is 5.41 Å². The van der Waals surface area contributed by atoms with Crippen LogP contribution in [0.15, 0.2) is 0 Å². The summed E-state index contributed by atoms with van der Waals surface area (Å²) >= 11 is 0. The van der Waals surface area contributed by atoms with Crippen molar-refractivity contribution in [2.75, 3.05) is 39.4 Å². The first-order chi connectivity index (χ1) is 9.44. The van der Waals surface area contributed by atoms with E-state index in [1.54, 1.807) is 6.92 Å². The number of aliphatic carboxylic acids is 1. The molecule has 1 amide bonds. The summed E-state index contributed by atoms with van der Waals surface area (Å²) in [6.07, 6.45) is 1.50. The van der Waals surface area contributed by atoms with Gasteiger partial charge >= 0.3 is 5.97 Å². The van der Waals surface area contributed by atoms with Crippen LogP contribution in [-0.4, -0.2) is 72.2 Å². The third-order valence-electron chi connectivity index (χ3n) is 4.47. The second-order valence-corrected chi connectivity index (χ2v) is 6.05. The van der Waals surface area contributed by atoms with Crippen LogP contribution < -0.4 is 0 Å². The quantitative estimate of drug-likeness (QED) is 0.813. The number of hydrogen-bond acceptors (Lipinski definition) is 4. The Morgan fingerprint density at radius 2 is 1.90 bits per heavy atom. The van der Waals surface area contributed by atoms with Crippen molar-refractivity contribution in [3.8, 4) is 0 Å². The molecule has 0 bridgehead atoms. The predicted octanol–water partition coefficient (Wildman–Crippen LogP) is 0.420. The molecular weight excluding hydrogens is 260 g/mol. The summed E-state index contributed by atoms with van der Waals surface area (Å²) in [5, 5.41) is 9.35. The largest absolute Gasteiger partial charge is 0.481 e. The molecule has 2 heterocycles. The summed E-state index contributed by atoms with van der Waals surface area (Å²) in [4.78, 5) is 27.7. The van der Waals surface area contributed by atoms with Crippen molar-refractivity contribution in [2.24, 2.45) is 5.41 Å². The lowest BCUT2D eigenvalue weighted by Crippen LogP contribution is -2.55. The van der Waals surface area contributed by atoms with E-state index in [1.807, 2.05) is 16.7 Å². The van der Waals surface area contributed by atoms with Gasteiger partial charge in [0.15, 0.2) is 0 Å². The van der Waals surface area contributed by atoms with E-state index in [-0.39, 0.29) is 11.9 Å². The lowest BCUT2D eigenvalue weighted by molar-refractivity contribution is -0.154. The molecule has 2 unspecified atom stereocenters. The molecule has 0 aromatic carbocycles. The number of amides is 1. The van der Waals surface area contributed by atoms with Gasteiger partial charge in [-0.25, -0.2) is 0 Å². The van der Waals surface area contributed by atoms with E-state index in [0.29, 0.717) is 39.3 Å². The second kappa shape index (κ2) is 6.10. The fourth-order valence-corrected chi connectivity index (χ4v) is 2.99. The van der Waals surface area contributed by atoms with E-state index in [9.17, 15) is 14.7 Å². The lowest BCUT2D eigenvalue weighted by Gasteiger charge is -2.41. The van der Waals surface area contributed by atoms with Crippen LogP contribution in [-0.2, 0) is 14.3 Å². The monoisotopic (exact) mass is 284 g/mol. The Bertz CT molecular complexity index is 381. The van der Waals surface area contributed by atoms with Crippen LogP contribution in [0.1, 0.15) is 26.7 Å². The third-order valence-corrected chi connectivity index (χ3v) is 4.47. The molecule has 0 aromatic rings. The summed E-state index contributed by atoms with van der Waals surface area (Å²) in [5.74, 6) is -0.684. The van der Waals surface area contributed by atoms with Gasteiger partial charge in [0.2, 0.25) is 5.91 Å². The Balaban J connectivity index is 1.99. The number of carboxylic acid groups (broad SMARTS) is 1. The topological polar surface area (TPSA) is 70.1 Å². The molecule has 20 heavy (non-hydrogen) atoms. The number of carbonyl (C=O) groups excluding carboxylic acids is 1. The van der Waals surface area contributed by atoms with E-state index in [1.165, 1.54) is 0 Å². The molecule has 0 spiro atoms. The number of carboxylic acids is 1. The average molecular weight is 284 g/mol. The number of ether oxygens (including phenoxy) is 1. The molecule has 0 aliphatic carbocycles. The minimum atomic E-state index is -0.770. The molecular formula is C14H24N2O4. The van der Waals surface area contributed by atoms with Crippen LogP contribution in [0.25, 0.3) is 0 Å². The van der Waals surface area contributed by atoms with Crippen LogP contribution in [0.5, 0.6) is 0 Å². The normalized spacial score (nSPS) is 30.0. The number of rotatable bonds is 3. The molecule has 114 valence electrons. The minimum absolute atomic E-state index is 0.0861. The average Bonchev–Trinajstić information content (AvgIpc) is 2.46. The van der Waals surface area contributed by atoms with Gasteiger partial charge in [0, 0.05) is 19.6 Å². The van der Waals surface area contributed by atoms with E-state index in [0.717, 1.165) is 13.0 Å². The van der Waals surface area contributed by atoms with Crippen molar-refractivity contribution in [3.05, 3.63) is 0 Å². The maximum absolute atomic E-state index is 12.5. The van der Waals surface area contributed by atoms with Gasteiger partial charge in [-0.1, -0.05) is 0 Å². The molecule has 2 fully saturated rings. The molecule has 1 N–H and O–H groups in total. The molecule has 2 aliphatic heterocycles. The number of carbonyl (C=O) groups is 2. The Labute approximate surface area is 119 Å². The van der Waals surface area contributed by atoms with Gasteiger partial charge in [-0.3, -0.25) is 14.5 Å². The van der Waals surface area contributed by atoms with Crippen molar-refractivity contribution >= 4 is 11.9 Å². The second-order valence-electron chi connectivity index (χ2n) is 6.05. The number of piperidine rings is 1. The Morgan fingerprint density at radius 3 is 2.50 bits per heavy atom. The molecule has 2 aliphatic rings. The highest BCUT2D eigenvalue weighted by Crippen LogP contribution is 2.30. The van der Waals surface area contributed by atoms with Crippen molar-refractivity contribution < 1.29 is 19.4 Å². The Kier molecular flexibility index (Phi) is 4.65. The van der Waals surface area contributed by atoms with Gasteiger partial charge in [-0.05, 0) is 33.2 Å². The molecule has 2 rings (SSSR count). The van der Waals surface area contributed by atoms with E-state index in [2.05, 4.69) is 0 Å². The van der Waals surface area contributed by atoms with Gasteiger partial charge in [-0.15, -0.1) is 0 Å². The maximum Gasteiger partial charge on any atom is 0.310 e. The first-order valence-electron chi connectivity index (χ1n) is 7.28. The van der Waals surface area contributed by atoms with Gasteiger partial charge < -0.3 is 14.7 Å². The molecule has 0 saturated carbocycles. The predicted molar refractivity (Wildman–Crippen MR) is 73.4 cm³/mol. The van der Waals surface area contributed by atoms with Crippen LogP contribution in [0.2, 0.25) is 0 Å². The molecule has 6 nitrogen and oxygen atoms in total. The fourth-order valence-electron chi connectivity index (χ4n) is 2.99. The summed E-state index contributed by atoms with van der Waals surface area (Å²) in [6, 6.07) is -0.257. The fraction of sp³-hybridized carbons (Fsp3) is 0.857. The van der Waals surface area contributed by atoms with Crippen molar-refractivity contribution in [1.82, 2.24) is 9.80 Å². The molecule has 0 radical (unpaired) electrons. The SMILES string of the molecule is CC(C(=O)N1CCOCC1)N1CCCC(C)(C(=O)O)C1. The number of nitrogens with zero attached hydrogens (tertiary/aromatic N) is 2. The van der Waals surface area contributed by atoms with E-state index in [4.69, 9.17) is 4.74 Å². The number of morpholine rings is 1. The van der Waals surface area contributed by atoms with Crippen LogP contribution >= 0.6 is 0 Å². The molecule has 0 aromatic heterocycles. The number of likely N-dealkylation sites (tertiary alicyclic amines) is 1. The summed E-state index contributed by atoms with van der Waals surface area (Å²) in [7, 11) is 0. The van der Waals surface area contributed by atoms with Crippen molar-refractivity contribution in [3.63, 3.8) is 0 Å². The lowest BCUT2D eigenvalue weighted by atomic mass is 9.81. The zero-order chi connectivity index (χ0) is 14.8. The summed E-state index contributed by atoms with van der Waals surface area (Å²) in [6.45, 7) is 7.33. The van der Waals surface area contributed by atoms with Crippen LogP contribution in [0.4, 0.5) is 0 Å². The highest BCUT2D eigenvalue weighted by molar-refractivity contribution is 5.82. The summed E-state index contributed by atoms with van der Waals surface area (Å²) < 4.78 is 5.25. The maximum atomic E-state index is 12.5. The van der Waals surface area contributed by atoms with Crippen LogP contribution in [0.3, 0.4) is 0 Å². The Morgan fingerprint density at radius 1 is 1.25 bits per heavy atom. The third kappa shape index (κ3) is 3.12.